The van der Waals surface area contributed by atoms with Gasteiger partial charge in [-0.3, -0.25) is 19.2 Å². The van der Waals surface area contributed by atoms with Crippen molar-refractivity contribution in [1.29, 1.82) is 0 Å². The van der Waals surface area contributed by atoms with E-state index < -0.39 is 35.8 Å². The van der Waals surface area contributed by atoms with E-state index in [2.05, 4.69) is 21.3 Å². The van der Waals surface area contributed by atoms with Crippen LogP contribution in [0, 0.1) is 11.6 Å². The van der Waals surface area contributed by atoms with Crippen molar-refractivity contribution in [2.45, 2.75) is 116 Å². The Kier molecular flexibility index (Phi) is 12.7. The summed E-state index contributed by atoms with van der Waals surface area (Å²) in [7, 11) is 3.37. The Morgan fingerprint density at radius 2 is 1.09 bits per heavy atom. The summed E-state index contributed by atoms with van der Waals surface area (Å²) >= 11 is 0. The Morgan fingerprint density at radius 1 is 0.696 bits per heavy atom. The van der Waals surface area contributed by atoms with Gasteiger partial charge in [-0.15, -0.1) is 0 Å². The number of nitrogens with one attached hydrogen (secondary N) is 4. The number of aromatic nitrogens is 4. The number of likely N-dealkylation sites (tertiary alicyclic amines) is 2. The fourth-order valence-electron chi connectivity index (χ4n) is 7.90. The van der Waals surface area contributed by atoms with E-state index in [9.17, 15) is 28.0 Å². The van der Waals surface area contributed by atoms with E-state index in [0.717, 1.165) is 12.8 Å². The lowest BCUT2D eigenvalue weighted by molar-refractivity contribution is -0.138. The summed E-state index contributed by atoms with van der Waals surface area (Å²) in [6.07, 6.45) is 3.77. The quantitative estimate of drug-likeness (QED) is 0.143. The second kappa shape index (κ2) is 17.5. The third-order valence-corrected chi connectivity index (χ3v) is 11.4. The van der Waals surface area contributed by atoms with Crippen LogP contribution in [0.2, 0.25) is 0 Å². The molecule has 0 unspecified atom stereocenters. The number of carbonyl (C=O) groups is 4. The zero-order chi connectivity index (χ0) is 40.3. The maximum atomic E-state index is 14.7. The average molecular weight is 777 g/mol. The molecule has 4 N–H and O–H groups in total. The van der Waals surface area contributed by atoms with Crippen LogP contribution < -0.4 is 21.3 Å². The van der Waals surface area contributed by atoms with Crippen LogP contribution in [0.5, 0.6) is 0 Å². The number of hydrogen-bond donors (Lipinski definition) is 4. The molecular weight excluding hydrogens is 723 g/mol. The first-order chi connectivity index (χ1) is 26.9. The number of fused-ring (bicyclic) bond motifs is 2. The molecule has 16 heteroatoms. The van der Waals surface area contributed by atoms with Crippen molar-refractivity contribution in [3.63, 3.8) is 0 Å². The van der Waals surface area contributed by atoms with Gasteiger partial charge < -0.3 is 40.2 Å². The summed E-state index contributed by atoms with van der Waals surface area (Å²) in [5.74, 6) is -0.935. The Morgan fingerprint density at radius 3 is 1.45 bits per heavy atom. The van der Waals surface area contributed by atoms with Crippen molar-refractivity contribution >= 4 is 45.7 Å². The van der Waals surface area contributed by atoms with Gasteiger partial charge in [-0.05, 0) is 90.7 Å². The van der Waals surface area contributed by atoms with Crippen molar-refractivity contribution in [3.05, 3.63) is 48.0 Å². The van der Waals surface area contributed by atoms with Crippen LogP contribution >= 0.6 is 0 Å². The summed E-state index contributed by atoms with van der Waals surface area (Å²) in [6, 6.07) is 5.93. The molecule has 2 fully saturated rings. The molecule has 0 spiro atoms. The van der Waals surface area contributed by atoms with Crippen LogP contribution in [-0.4, -0.2) is 116 Å². The molecule has 6 atom stereocenters. The summed E-state index contributed by atoms with van der Waals surface area (Å²) in [5.41, 5.74) is 2.08. The number of benzene rings is 2. The monoisotopic (exact) mass is 776 g/mol. The van der Waals surface area contributed by atoms with E-state index in [4.69, 9.17) is 9.97 Å². The molecule has 2 saturated heterocycles. The van der Waals surface area contributed by atoms with Crippen molar-refractivity contribution in [1.82, 2.24) is 50.2 Å². The second-order valence-electron chi connectivity index (χ2n) is 15.0. The van der Waals surface area contributed by atoms with Crippen molar-refractivity contribution in [2.24, 2.45) is 0 Å². The van der Waals surface area contributed by atoms with Crippen LogP contribution in [-0.2, 0) is 32.3 Å². The molecule has 4 amide bonds. The standard InChI is InChI=1S/C40H54F2N10O4/c1-7-29(47-37(53)23(3)43-5)39(55)49-17-9-11-27(49)21-51-33-15-13-25(41)19-31(33)45-35(51)36-46-32-20-26(42)14-16-34(32)52(36)22-28-12-10-18-50(28)40(56)30(8-2)48-38(54)24(4)44-6/h13-16,19-20,23-24,27-30,43-44H,7-12,17-18,21-22H2,1-6H3,(H,47,53)(H,48,54)/t23-,24-,27+,28+,29-,30-/m1/s1. The third-order valence-electron chi connectivity index (χ3n) is 11.4. The minimum absolute atomic E-state index is 0.167. The molecule has 6 rings (SSSR count). The molecule has 4 aromatic rings. The summed E-state index contributed by atoms with van der Waals surface area (Å²) in [6.45, 7) is 8.86. The lowest BCUT2D eigenvalue weighted by Gasteiger charge is -2.31. The molecule has 0 aliphatic carbocycles. The molecule has 2 aromatic heterocycles. The fraction of sp³-hybridized carbons (Fsp3) is 0.550. The van der Waals surface area contributed by atoms with Crippen molar-refractivity contribution in [2.75, 3.05) is 27.2 Å². The Hall–Kier alpha value is -4.96. The lowest BCUT2D eigenvalue weighted by Crippen LogP contribution is -2.53. The van der Waals surface area contributed by atoms with E-state index >= 15 is 0 Å². The summed E-state index contributed by atoms with van der Waals surface area (Å²) in [5, 5.41) is 11.6. The number of hydrogen-bond acceptors (Lipinski definition) is 8. The third kappa shape index (κ3) is 8.26. The molecule has 14 nitrogen and oxygen atoms in total. The number of halogens is 2. The van der Waals surface area contributed by atoms with E-state index in [-0.39, 0.29) is 35.7 Å². The minimum Gasteiger partial charge on any atom is -0.343 e. The highest BCUT2D eigenvalue weighted by Gasteiger charge is 2.37. The first kappa shape index (κ1) is 40.7. The predicted octanol–water partition coefficient (Wildman–Crippen LogP) is 3.32. The second-order valence-corrected chi connectivity index (χ2v) is 15.0. The zero-order valence-electron chi connectivity index (χ0n) is 33.1. The Balaban J connectivity index is 1.37. The Bertz CT molecular complexity index is 1940. The summed E-state index contributed by atoms with van der Waals surface area (Å²) in [4.78, 5) is 67.0. The maximum absolute atomic E-state index is 14.7. The highest BCUT2D eigenvalue weighted by Crippen LogP contribution is 2.33. The molecule has 0 saturated carbocycles. The number of amides is 4. The number of likely N-dealkylation sites (N-methyl/N-ethyl adjacent to an activating group) is 2. The maximum Gasteiger partial charge on any atom is 0.245 e. The van der Waals surface area contributed by atoms with Crippen LogP contribution in [0.15, 0.2) is 36.4 Å². The molecule has 0 radical (unpaired) electrons. The first-order valence-electron chi connectivity index (χ1n) is 19.8. The molecule has 0 bridgehead atoms. The molecule has 4 heterocycles. The van der Waals surface area contributed by atoms with Gasteiger partial charge in [-0.1, -0.05) is 13.8 Å². The Labute approximate surface area is 325 Å². The van der Waals surface area contributed by atoms with Crippen molar-refractivity contribution < 1.29 is 28.0 Å². The number of nitrogens with zero attached hydrogens (tertiary/aromatic N) is 6. The molecule has 2 aromatic carbocycles. The number of rotatable bonds is 15. The number of imidazole rings is 2. The van der Waals surface area contributed by atoms with E-state index in [1.165, 1.54) is 24.3 Å². The normalized spacial score (nSPS) is 19.4. The van der Waals surface area contributed by atoms with E-state index in [1.807, 2.05) is 32.8 Å². The van der Waals surface area contributed by atoms with Crippen LogP contribution in [0.1, 0.15) is 66.2 Å². The van der Waals surface area contributed by atoms with Crippen molar-refractivity contribution in [3.8, 4) is 11.6 Å². The SMILES string of the molecule is CC[C@@H](NC(=O)[C@@H](C)NC)C(=O)N1CCC[C@H]1Cn1c(-c2nc3cc(F)ccc3n2C[C@@H]2CCCN2C(=O)[C@@H](CC)NC(=O)[C@@H](C)NC)nc2cc(F)ccc21. The largest absolute Gasteiger partial charge is 0.343 e. The van der Waals surface area contributed by atoms with Crippen LogP contribution in [0.25, 0.3) is 33.7 Å². The van der Waals surface area contributed by atoms with Gasteiger partial charge in [-0.2, -0.15) is 0 Å². The lowest BCUT2D eigenvalue weighted by atomic mass is 10.1. The molecular formula is C40H54F2N10O4. The van der Waals surface area contributed by atoms with Gasteiger partial charge in [0.15, 0.2) is 11.6 Å². The zero-order valence-corrected chi connectivity index (χ0v) is 33.1. The topological polar surface area (TPSA) is 159 Å². The minimum atomic E-state index is -0.699. The average Bonchev–Trinajstić information content (AvgIpc) is 4.00. The van der Waals surface area contributed by atoms with E-state index in [0.29, 0.717) is 85.6 Å². The molecule has 56 heavy (non-hydrogen) atoms. The highest BCUT2D eigenvalue weighted by atomic mass is 19.1. The van der Waals surface area contributed by atoms with Crippen LogP contribution in [0.3, 0.4) is 0 Å². The van der Waals surface area contributed by atoms with Gasteiger partial charge in [0.25, 0.3) is 0 Å². The van der Waals surface area contributed by atoms with Gasteiger partial charge in [0.1, 0.15) is 23.7 Å². The van der Waals surface area contributed by atoms with E-state index in [1.54, 1.807) is 40.1 Å². The van der Waals surface area contributed by atoms with Crippen LogP contribution in [0.4, 0.5) is 8.78 Å². The highest BCUT2D eigenvalue weighted by molar-refractivity contribution is 5.91. The van der Waals surface area contributed by atoms with Gasteiger partial charge in [0.2, 0.25) is 23.6 Å². The molecule has 2 aliphatic heterocycles. The predicted molar refractivity (Wildman–Crippen MR) is 209 cm³/mol. The number of carbonyl (C=O) groups excluding carboxylic acids is 4. The van der Waals surface area contributed by atoms with Gasteiger partial charge in [0, 0.05) is 50.4 Å². The van der Waals surface area contributed by atoms with Gasteiger partial charge in [0.05, 0.1) is 34.2 Å². The molecule has 2 aliphatic rings. The first-order valence-corrected chi connectivity index (χ1v) is 19.8. The molecule has 302 valence electrons. The smallest absolute Gasteiger partial charge is 0.245 e. The van der Waals surface area contributed by atoms with Gasteiger partial charge in [-0.25, -0.2) is 18.7 Å². The summed E-state index contributed by atoms with van der Waals surface area (Å²) < 4.78 is 33.3. The fourth-order valence-corrected chi connectivity index (χ4v) is 7.90. The van der Waals surface area contributed by atoms with Gasteiger partial charge >= 0.3 is 0 Å².